The highest BCUT2D eigenvalue weighted by Gasteiger charge is 2.55. The highest BCUT2D eigenvalue weighted by Crippen LogP contribution is 2.33. The summed E-state index contributed by atoms with van der Waals surface area (Å²) in [6.07, 6.45) is 3.93. The van der Waals surface area contributed by atoms with Crippen molar-refractivity contribution in [2.45, 2.75) is 32.2 Å². The number of likely N-dealkylation sites (tertiary alicyclic amines) is 2. The molecule has 0 radical (unpaired) electrons. The molecule has 4 amide bonds. The van der Waals surface area contributed by atoms with Gasteiger partial charge >= 0.3 is 6.03 Å². The van der Waals surface area contributed by atoms with Crippen LogP contribution in [0.5, 0.6) is 0 Å². The number of imide groups is 1. The molecule has 1 aromatic heterocycles. The first-order valence-corrected chi connectivity index (χ1v) is 9.33. The number of nitrogens with zero attached hydrogens (tertiary/aromatic N) is 4. The summed E-state index contributed by atoms with van der Waals surface area (Å²) >= 11 is 0. The van der Waals surface area contributed by atoms with Crippen molar-refractivity contribution >= 4 is 23.7 Å². The Labute approximate surface area is 159 Å². The van der Waals surface area contributed by atoms with Gasteiger partial charge in [-0.15, -0.1) is 0 Å². The normalized spacial score (nSPS) is 25.1. The van der Waals surface area contributed by atoms with Crippen LogP contribution in [-0.2, 0) is 16.0 Å². The number of pyridine rings is 1. The lowest BCUT2D eigenvalue weighted by Crippen LogP contribution is -2.70. The quantitative estimate of drug-likeness (QED) is 0.796. The highest BCUT2D eigenvalue weighted by molar-refractivity contribution is 6.08. The van der Waals surface area contributed by atoms with E-state index < -0.39 is 12.0 Å². The number of rotatable bonds is 3. The smallest absolute Gasteiger partial charge is 0.327 e. The number of β-lactam (4-membered cyclic amide) rings is 1. The van der Waals surface area contributed by atoms with Crippen LogP contribution in [0.2, 0.25) is 0 Å². The summed E-state index contributed by atoms with van der Waals surface area (Å²) in [6.45, 7) is 3.34. The van der Waals surface area contributed by atoms with E-state index in [1.165, 1.54) is 4.90 Å². The van der Waals surface area contributed by atoms with E-state index in [9.17, 15) is 14.4 Å². The second-order valence-electron chi connectivity index (χ2n) is 7.76. The Morgan fingerprint density at radius 1 is 1.37 bits per heavy atom. The zero-order chi connectivity index (χ0) is 19.7. The molecule has 2 saturated heterocycles. The van der Waals surface area contributed by atoms with Gasteiger partial charge in [0.25, 0.3) is 0 Å². The molecule has 0 unspecified atom stereocenters. The zero-order valence-electron chi connectivity index (χ0n) is 16.1. The molecule has 2 aliphatic rings. The minimum absolute atomic E-state index is 0.236. The van der Waals surface area contributed by atoms with E-state index in [4.69, 9.17) is 5.73 Å². The highest BCUT2D eigenvalue weighted by atomic mass is 16.2. The van der Waals surface area contributed by atoms with Crippen molar-refractivity contribution in [3.63, 3.8) is 0 Å². The number of urea groups is 1. The van der Waals surface area contributed by atoms with Crippen LogP contribution in [0, 0.1) is 11.8 Å². The summed E-state index contributed by atoms with van der Waals surface area (Å²) in [6, 6.07) is 2.35. The summed E-state index contributed by atoms with van der Waals surface area (Å²) in [7, 11) is 3.27. The summed E-state index contributed by atoms with van der Waals surface area (Å²) in [5.74, 6) is -0.329. The molecule has 3 atom stereocenters. The first-order valence-electron chi connectivity index (χ1n) is 9.33. The SMILES string of the molecule is C[C@H]1CCCN(C(=O)N2C(=O)[C@H](Cc3ccnc(N)c3)[C@H]2C(=O)N(C)C)C1. The van der Waals surface area contributed by atoms with Crippen LogP contribution in [0.4, 0.5) is 10.6 Å². The Hall–Kier alpha value is -2.64. The maximum absolute atomic E-state index is 13.0. The van der Waals surface area contributed by atoms with Gasteiger partial charge in [-0.25, -0.2) is 9.78 Å². The maximum Gasteiger partial charge on any atom is 0.327 e. The summed E-state index contributed by atoms with van der Waals surface area (Å²) in [5.41, 5.74) is 6.54. The Bertz CT molecular complexity index is 751. The minimum atomic E-state index is -0.772. The Morgan fingerprint density at radius 2 is 2.11 bits per heavy atom. The van der Waals surface area contributed by atoms with E-state index in [1.54, 1.807) is 37.3 Å². The number of amides is 4. The molecular weight excluding hydrogens is 346 g/mol. The molecule has 1 aromatic rings. The Balaban J connectivity index is 1.80. The van der Waals surface area contributed by atoms with Crippen molar-refractivity contribution in [3.8, 4) is 0 Å². The van der Waals surface area contributed by atoms with Gasteiger partial charge in [-0.2, -0.15) is 0 Å². The van der Waals surface area contributed by atoms with Crippen molar-refractivity contribution in [2.24, 2.45) is 11.8 Å². The number of nitrogen functional groups attached to an aromatic ring is 1. The fraction of sp³-hybridized carbons (Fsp3) is 0.579. The van der Waals surface area contributed by atoms with Gasteiger partial charge in [-0.05, 0) is 42.9 Å². The molecule has 0 aromatic carbocycles. The van der Waals surface area contributed by atoms with Crippen LogP contribution >= 0.6 is 0 Å². The number of aromatic nitrogens is 1. The number of hydrogen-bond donors (Lipinski definition) is 1. The predicted octanol–water partition coefficient (Wildman–Crippen LogP) is 0.973. The topological polar surface area (TPSA) is 99.8 Å². The number of hydrogen-bond acceptors (Lipinski definition) is 5. The van der Waals surface area contributed by atoms with Crippen LogP contribution in [0.25, 0.3) is 0 Å². The fourth-order valence-electron chi connectivity index (χ4n) is 3.90. The zero-order valence-corrected chi connectivity index (χ0v) is 16.1. The van der Waals surface area contributed by atoms with Crippen LogP contribution in [0.3, 0.4) is 0 Å². The van der Waals surface area contributed by atoms with Gasteiger partial charge in [0, 0.05) is 33.4 Å². The van der Waals surface area contributed by atoms with Crippen LogP contribution in [-0.4, -0.2) is 70.8 Å². The van der Waals surface area contributed by atoms with Gasteiger partial charge in [0.1, 0.15) is 11.9 Å². The number of nitrogens with two attached hydrogens (primary N) is 1. The van der Waals surface area contributed by atoms with Crippen molar-refractivity contribution in [3.05, 3.63) is 23.9 Å². The summed E-state index contributed by atoms with van der Waals surface area (Å²) in [4.78, 5) is 46.7. The van der Waals surface area contributed by atoms with Crippen LogP contribution in [0.1, 0.15) is 25.3 Å². The molecule has 146 valence electrons. The van der Waals surface area contributed by atoms with E-state index >= 15 is 0 Å². The molecule has 2 aliphatic heterocycles. The molecule has 8 heteroatoms. The van der Waals surface area contributed by atoms with Crippen LogP contribution in [0.15, 0.2) is 18.3 Å². The number of carbonyl (C=O) groups excluding carboxylic acids is 3. The lowest BCUT2D eigenvalue weighted by molar-refractivity contribution is -0.161. The number of piperidine rings is 1. The standard InChI is InChI=1S/C19H27N5O3/c1-12-5-4-8-23(11-12)19(27)24-16(18(26)22(2)3)14(17(24)25)9-13-6-7-21-15(20)10-13/h6-7,10,12,14,16H,4-5,8-9,11H2,1-3H3,(H2,20,21)/t12-,14+,16-/m0/s1. The lowest BCUT2D eigenvalue weighted by Gasteiger charge is -2.47. The second kappa shape index (κ2) is 7.54. The second-order valence-corrected chi connectivity index (χ2v) is 7.76. The molecule has 0 saturated carbocycles. The number of carbonyl (C=O) groups is 3. The van der Waals surface area contributed by atoms with Gasteiger partial charge < -0.3 is 15.5 Å². The van der Waals surface area contributed by atoms with Crippen LogP contribution < -0.4 is 5.73 Å². The molecule has 0 spiro atoms. The van der Waals surface area contributed by atoms with Crippen molar-refractivity contribution < 1.29 is 14.4 Å². The Morgan fingerprint density at radius 3 is 2.74 bits per heavy atom. The fourth-order valence-corrected chi connectivity index (χ4v) is 3.90. The first kappa shape index (κ1) is 19.1. The van der Waals surface area contributed by atoms with Gasteiger partial charge in [-0.3, -0.25) is 14.5 Å². The predicted molar refractivity (Wildman–Crippen MR) is 101 cm³/mol. The average Bonchev–Trinajstić information content (AvgIpc) is 2.63. The molecule has 3 rings (SSSR count). The number of anilines is 1. The summed E-state index contributed by atoms with van der Waals surface area (Å²) < 4.78 is 0. The van der Waals surface area contributed by atoms with Gasteiger partial charge in [0.2, 0.25) is 11.8 Å². The summed E-state index contributed by atoms with van der Waals surface area (Å²) in [5, 5.41) is 0. The van der Waals surface area contributed by atoms with E-state index in [-0.39, 0.29) is 17.8 Å². The average molecular weight is 373 g/mol. The molecule has 8 nitrogen and oxygen atoms in total. The molecule has 0 aliphatic carbocycles. The van der Waals surface area contributed by atoms with Crippen molar-refractivity contribution in [1.29, 1.82) is 0 Å². The third kappa shape index (κ3) is 3.74. The van der Waals surface area contributed by atoms with Gasteiger partial charge in [-0.1, -0.05) is 6.92 Å². The van der Waals surface area contributed by atoms with Crippen molar-refractivity contribution in [2.75, 3.05) is 32.9 Å². The lowest BCUT2D eigenvalue weighted by atomic mass is 9.81. The van der Waals surface area contributed by atoms with Gasteiger partial charge in [0.05, 0.1) is 5.92 Å². The van der Waals surface area contributed by atoms with E-state index in [1.807, 2.05) is 0 Å². The van der Waals surface area contributed by atoms with Crippen molar-refractivity contribution in [1.82, 2.24) is 19.7 Å². The number of likely N-dealkylation sites (N-methyl/N-ethyl adjacent to an activating group) is 1. The molecule has 27 heavy (non-hydrogen) atoms. The van der Waals surface area contributed by atoms with E-state index in [2.05, 4.69) is 11.9 Å². The maximum atomic E-state index is 13.0. The largest absolute Gasteiger partial charge is 0.384 e. The molecule has 3 heterocycles. The molecule has 2 fully saturated rings. The third-order valence-electron chi connectivity index (χ3n) is 5.34. The third-order valence-corrected chi connectivity index (χ3v) is 5.34. The minimum Gasteiger partial charge on any atom is -0.384 e. The molecule has 2 N–H and O–H groups in total. The monoisotopic (exact) mass is 373 g/mol. The molecule has 0 bridgehead atoms. The Kier molecular flexibility index (Phi) is 5.34. The van der Waals surface area contributed by atoms with E-state index in [0.29, 0.717) is 31.2 Å². The van der Waals surface area contributed by atoms with Gasteiger partial charge in [0.15, 0.2) is 0 Å². The van der Waals surface area contributed by atoms with E-state index in [0.717, 1.165) is 23.3 Å². The first-order chi connectivity index (χ1) is 12.8. The molecular formula is C19H27N5O3.